The molecule has 23 heavy (non-hydrogen) atoms. The molecular weight excluding hydrogens is 288 g/mol. The molecule has 5 heteroatoms. The van der Waals surface area contributed by atoms with Gasteiger partial charge in [0.15, 0.2) is 0 Å². The highest BCUT2D eigenvalue weighted by Gasteiger charge is 2.36. The van der Waals surface area contributed by atoms with Gasteiger partial charge < -0.3 is 9.67 Å². The molecule has 1 aromatic heterocycles. The number of rotatable bonds is 4. The van der Waals surface area contributed by atoms with Gasteiger partial charge in [-0.05, 0) is 63.8 Å². The lowest BCUT2D eigenvalue weighted by molar-refractivity contribution is -0.0400. The molecule has 2 saturated carbocycles. The Morgan fingerprint density at radius 3 is 2.74 bits per heavy atom. The highest BCUT2D eigenvalue weighted by Crippen LogP contribution is 2.38. The summed E-state index contributed by atoms with van der Waals surface area (Å²) in [6, 6.07) is 0.652. The van der Waals surface area contributed by atoms with Gasteiger partial charge in [-0.15, -0.1) is 10.2 Å². The smallest absolute Gasteiger partial charge is 0.137 e. The van der Waals surface area contributed by atoms with Gasteiger partial charge in [0.1, 0.15) is 12.2 Å². The minimum Gasteiger partial charge on any atom is -0.389 e. The van der Waals surface area contributed by atoms with Crippen molar-refractivity contribution >= 4 is 0 Å². The maximum Gasteiger partial charge on any atom is 0.137 e. The number of aromatic nitrogens is 3. The first-order chi connectivity index (χ1) is 11.1. The molecule has 0 unspecified atom stereocenters. The summed E-state index contributed by atoms with van der Waals surface area (Å²) in [7, 11) is 0. The minimum atomic E-state index is -0.460. The topological polar surface area (TPSA) is 54.2 Å². The van der Waals surface area contributed by atoms with Gasteiger partial charge >= 0.3 is 0 Å². The van der Waals surface area contributed by atoms with Crippen LogP contribution >= 0.6 is 0 Å². The number of aliphatic hydroxyl groups is 1. The van der Waals surface area contributed by atoms with E-state index in [0.717, 1.165) is 38.4 Å². The van der Waals surface area contributed by atoms with Crippen molar-refractivity contribution in [3.63, 3.8) is 0 Å². The molecule has 1 aliphatic heterocycles. The fourth-order valence-corrected chi connectivity index (χ4v) is 4.46. The molecule has 2 heterocycles. The SMILES string of the molecule is CC1CCC(O)(CN2CCC[C@@H](c3nncn3C3CC3)C2)CC1. The molecule has 0 bridgehead atoms. The van der Waals surface area contributed by atoms with E-state index in [-0.39, 0.29) is 0 Å². The third-order valence-electron chi connectivity index (χ3n) is 6.13. The molecule has 0 aromatic carbocycles. The van der Waals surface area contributed by atoms with Crippen molar-refractivity contribution in [1.29, 1.82) is 0 Å². The van der Waals surface area contributed by atoms with Gasteiger partial charge in [-0.2, -0.15) is 0 Å². The zero-order chi connectivity index (χ0) is 15.9. The van der Waals surface area contributed by atoms with Crippen molar-refractivity contribution in [2.75, 3.05) is 19.6 Å². The minimum absolute atomic E-state index is 0.460. The Hall–Kier alpha value is -0.940. The first kappa shape index (κ1) is 15.6. The summed E-state index contributed by atoms with van der Waals surface area (Å²) >= 11 is 0. The molecule has 4 rings (SSSR count). The van der Waals surface area contributed by atoms with E-state index in [1.54, 1.807) is 0 Å². The number of hydrogen-bond acceptors (Lipinski definition) is 4. The predicted octanol–water partition coefficient (Wildman–Crippen LogP) is 2.73. The number of β-amino-alcohol motifs (C(OH)–C–C–N with tert-alkyl or cyclic N) is 1. The summed E-state index contributed by atoms with van der Waals surface area (Å²) in [5.41, 5.74) is -0.460. The molecule has 3 aliphatic rings. The van der Waals surface area contributed by atoms with E-state index in [1.165, 1.54) is 44.3 Å². The Morgan fingerprint density at radius 1 is 1.22 bits per heavy atom. The van der Waals surface area contributed by atoms with Crippen molar-refractivity contribution in [1.82, 2.24) is 19.7 Å². The Morgan fingerprint density at radius 2 is 2.00 bits per heavy atom. The van der Waals surface area contributed by atoms with Crippen molar-refractivity contribution in [3.05, 3.63) is 12.2 Å². The molecule has 5 nitrogen and oxygen atoms in total. The first-order valence-electron chi connectivity index (χ1n) is 9.47. The molecule has 2 aliphatic carbocycles. The van der Waals surface area contributed by atoms with Crippen LogP contribution in [-0.4, -0.2) is 50.0 Å². The maximum absolute atomic E-state index is 10.9. The lowest BCUT2D eigenvalue weighted by Crippen LogP contribution is -2.48. The van der Waals surface area contributed by atoms with Crippen LogP contribution in [-0.2, 0) is 0 Å². The summed E-state index contributed by atoms with van der Waals surface area (Å²) in [5, 5.41) is 19.5. The van der Waals surface area contributed by atoms with Crippen LogP contribution in [0.2, 0.25) is 0 Å². The van der Waals surface area contributed by atoms with Gasteiger partial charge in [0.25, 0.3) is 0 Å². The van der Waals surface area contributed by atoms with Crippen molar-refractivity contribution in [2.45, 2.75) is 75.9 Å². The standard InChI is InChI=1S/C18H30N4O/c1-14-6-8-18(23,9-7-14)12-21-10-2-3-15(11-21)17-20-19-13-22(17)16-4-5-16/h13-16,23H,2-12H2,1H3/t14?,15-,18?/m1/s1. The van der Waals surface area contributed by atoms with Gasteiger partial charge in [0.2, 0.25) is 0 Å². The number of likely N-dealkylation sites (tertiary alicyclic amines) is 1. The lowest BCUT2D eigenvalue weighted by Gasteiger charge is -2.41. The van der Waals surface area contributed by atoms with E-state index in [2.05, 4.69) is 26.6 Å². The van der Waals surface area contributed by atoms with Gasteiger partial charge in [-0.25, -0.2) is 0 Å². The molecule has 0 radical (unpaired) electrons. The van der Waals surface area contributed by atoms with E-state index >= 15 is 0 Å². The zero-order valence-electron chi connectivity index (χ0n) is 14.3. The Kier molecular flexibility index (Phi) is 4.18. The highest BCUT2D eigenvalue weighted by atomic mass is 16.3. The van der Waals surface area contributed by atoms with Gasteiger partial charge in [0.05, 0.1) is 5.60 Å². The number of hydrogen-bond donors (Lipinski definition) is 1. The van der Waals surface area contributed by atoms with Gasteiger partial charge in [-0.3, -0.25) is 4.90 Å². The van der Waals surface area contributed by atoms with E-state index in [9.17, 15) is 5.11 Å². The number of piperidine rings is 1. The monoisotopic (exact) mass is 318 g/mol. The van der Waals surface area contributed by atoms with Crippen molar-refractivity contribution in [3.8, 4) is 0 Å². The van der Waals surface area contributed by atoms with Gasteiger partial charge in [0, 0.05) is 25.0 Å². The average Bonchev–Trinajstić information content (AvgIpc) is 3.27. The van der Waals surface area contributed by atoms with Crippen LogP contribution in [0.5, 0.6) is 0 Å². The van der Waals surface area contributed by atoms with E-state index in [1.807, 2.05) is 6.33 Å². The van der Waals surface area contributed by atoms with E-state index < -0.39 is 5.60 Å². The van der Waals surface area contributed by atoms with Crippen LogP contribution in [0.4, 0.5) is 0 Å². The second-order valence-electron chi connectivity index (χ2n) is 8.31. The Balaban J connectivity index is 1.40. The zero-order valence-corrected chi connectivity index (χ0v) is 14.3. The summed E-state index contributed by atoms with van der Waals surface area (Å²) in [4.78, 5) is 2.48. The quantitative estimate of drug-likeness (QED) is 0.927. The fourth-order valence-electron chi connectivity index (χ4n) is 4.46. The maximum atomic E-state index is 10.9. The van der Waals surface area contributed by atoms with Crippen molar-refractivity contribution in [2.24, 2.45) is 5.92 Å². The van der Waals surface area contributed by atoms with Crippen LogP contribution in [0.3, 0.4) is 0 Å². The summed E-state index contributed by atoms with van der Waals surface area (Å²) in [6.07, 6.45) is 11.2. The van der Waals surface area contributed by atoms with Gasteiger partial charge in [-0.1, -0.05) is 6.92 Å². The molecule has 0 spiro atoms. The second kappa shape index (κ2) is 6.17. The van der Waals surface area contributed by atoms with Crippen LogP contribution in [0.15, 0.2) is 6.33 Å². The molecule has 1 atom stereocenters. The predicted molar refractivity (Wildman–Crippen MR) is 89.3 cm³/mol. The third kappa shape index (κ3) is 3.45. The largest absolute Gasteiger partial charge is 0.389 e. The second-order valence-corrected chi connectivity index (χ2v) is 8.31. The van der Waals surface area contributed by atoms with E-state index in [0.29, 0.717) is 12.0 Å². The normalized spacial score (nSPS) is 36.3. The lowest BCUT2D eigenvalue weighted by atomic mass is 9.79. The number of nitrogens with zero attached hydrogens (tertiary/aromatic N) is 4. The molecule has 1 N–H and O–H groups in total. The molecular formula is C18H30N4O. The average molecular weight is 318 g/mol. The van der Waals surface area contributed by atoms with E-state index in [4.69, 9.17) is 0 Å². The fraction of sp³-hybridized carbons (Fsp3) is 0.889. The Labute approximate surface area is 139 Å². The summed E-state index contributed by atoms with van der Waals surface area (Å²) in [5.74, 6) is 2.45. The molecule has 1 saturated heterocycles. The third-order valence-corrected chi connectivity index (χ3v) is 6.13. The molecule has 0 amide bonds. The Bertz CT molecular complexity index is 531. The molecule has 128 valence electrons. The first-order valence-corrected chi connectivity index (χ1v) is 9.47. The van der Waals surface area contributed by atoms with Crippen LogP contribution in [0.1, 0.15) is 76.1 Å². The summed E-state index contributed by atoms with van der Waals surface area (Å²) < 4.78 is 2.31. The van der Waals surface area contributed by atoms with Crippen LogP contribution in [0, 0.1) is 5.92 Å². The molecule has 3 fully saturated rings. The summed E-state index contributed by atoms with van der Waals surface area (Å²) in [6.45, 7) is 5.30. The molecule has 1 aromatic rings. The van der Waals surface area contributed by atoms with Crippen LogP contribution in [0.25, 0.3) is 0 Å². The van der Waals surface area contributed by atoms with Crippen LogP contribution < -0.4 is 0 Å². The van der Waals surface area contributed by atoms with Crippen molar-refractivity contribution < 1.29 is 5.11 Å². The highest BCUT2D eigenvalue weighted by molar-refractivity contribution is 5.04.